The quantitative estimate of drug-likeness (QED) is 0.887. The number of carbonyl (C=O) groups is 1. The van der Waals surface area contributed by atoms with E-state index in [0.29, 0.717) is 0 Å². The number of rotatable bonds is 4. The van der Waals surface area contributed by atoms with Gasteiger partial charge in [0, 0.05) is 6.54 Å². The normalized spacial score (nSPS) is 24.9. The van der Waals surface area contributed by atoms with E-state index in [4.69, 9.17) is 4.74 Å². The lowest BCUT2D eigenvalue weighted by molar-refractivity contribution is -0.118. The number of ether oxygens (including phenoxy) is 1. The molecule has 1 aromatic carbocycles. The van der Waals surface area contributed by atoms with Crippen LogP contribution in [0.15, 0.2) is 18.2 Å². The number of anilines is 1. The first kappa shape index (κ1) is 13.4. The van der Waals surface area contributed by atoms with Crippen LogP contribution in [0.1, 0.15) is 31.7 Å². The van der Waals surface area contributed by atoms with Crippen LogP contribution in [0.5, 0.6) is 5.75 Å². The predicted molar refractivity (Wildman–Crippen MR) is 78.8 cm³/mol. The zero-order valence-corrected chi connectivity index (χ0v) is 11.9. The number of fused-ring (bicyclic) bond motifs is 1. The average molecular weight is 274 g/mol. The fourth-order valence-corrected chi connectivity index (χ4v) is 3.17. The van der Waals surface area contributed by atoms with E-state index in [-0.39, 0.29) is 12.5 Å². The van der Waals surface area contributed by atoms with E-state index in [1.165, 1.54) is 24.8 Å². The third-order valence-corrected chi connectivity index (χ3v) is 4.24. The molecule has 0 spiro atoms. The highest BCUT2D eigenvalue weighted by Crippen LogP contribution is 2.30. The molecule has 2 aliphatic rings. The van der Waals surface area contributed by atoms with Crippen molar-refractivity contribution in [3.05, 3.63) is 23.8 Å². The monoisotopic (exact) mass is 274 g/mol. The van der Waals surface area contributed by atoms with E-state index < -0.39 is 0 Å². The molecule has 3 rings (SSSR count). The number of hydrogen-bond acceptors (Lipinski definition) is 3. The van der Waals surface area contributed by atoms with Crippen LogP contribution in [0.2, 0.25) is 0 Å². The first-order chi connectivity index (χ1) is 9.70. The molecule has 0 aromatic heterocycles. The third kappa shape index (κ3) is 3.12. The highest BCUT2D eigenvalue weighted by Gasteiger charge is 2.20. The molecule has 0 saturated heterocycles. The van der Waals surface area contributed by atoms with Gasteiger partial charge in [-0.05, 0) is 48.9 Å². The first-order valence-electron chi connectivity index (χ1n) is 7.47. The minimum Gasteiger partial charge on any atom is -0.482 e. The molecule has 2 unspecified atom stereocenters. The van der Waals surface area contributed by atoms with Gasteiger partial charge in [0.05, 0.1) is 5.69 Å². The zero-order chi connectivity index (χ0) is 13.9. The van der Waals surface area contributed by atoms with Gasteiger partial charge in [0.15, 0.2) is 6.61 Å². The Morgan fingerprint density at radius 1 is 1.40 bits per heavy atom. The molecule has 2 atom stereocenters. The Labute approximate surface area is 119 Å². The largest absolute Gasteiger partial charge is 0.482 e. The molecule has 2 N–H and O–H groups in total. The molecule has 1 aliphatic carbocycles. The lowest BCUT2D eigenvalue weighted by Gasteiger charge is -2.19. The fraction of sp³-hybridized carbons (Fsp3) is 0.562. The van der Waals surface area contributed by atoms with Crippen LogP contribution in [0, 0.1) is 11.8 Å². The van der Waals surface area contributed by atoms with E-state index in [1.807, 2.05) is 12.1 Å². The maximum Gasteiger partial charge on any atom is 0.262 e. The van der Waals surface area contributed by atoms with E-state index in [1.54, 1.807) is 0 Å². The summed E-state index contributed by atoms with van der Waals surface area (Å²) in [6.07, 6.45) is 4.07. The first-order valence-corrected chi connectivity index (χ1v) is 7.47. The number of benzene rings is 1. The molecule has 108 valence electrons. The molecular formula is C16H22N2O2. The average Bonchev–Trinajstić information content (AvgIpc) is 2.84. The van der Waals surface area contributed by atoms with Gasteiger partial charge in [-0.1, -0.05) is 19.4 Å². The van der Waals surface area contributed by atoms with Gasteiger partial charge in [-0.25, -0.2) is 0 Å². The Morgan fingerprint density at radius 3 is 3.10 bits per heavy atom. The summed E-state index contributed by atoms with van der Waals surface area (Å²) in [5.74, 6) is 2.39. The molecule has 1 heterocycles. The Hall–Kier alpha value is -1.55. The fourth-order valence-electron chi connectivity index (χ4n) is 3.17. The maximum atomic E-state index is 11.3. The summed E-state index contributed by atoms with van der Waals surface area (Å²) in [5, 5.41) is 6.37. The van der Waals surface area contributed by atoms with Crippen molar-refractivity contribution in [2.45, 2.75) is 32.7 Å². The SMILES string of the molecule is CC1CCC(CNCc2ccc3c(c2)NC(=O)CO3)C1. The summed E-state index contributed by atoms with van der Waals surface area (Å²) < 4.78 is 5.36. The molecule has 4 heteroatoms. The van der Waals surface area contributed by atoms with E-state index >= 15 is 0 Å². The van der Waals surface area contributed by atoms with Crippen molar-refractivity contribution in [2.75, 3.05) is 18.5 Å². The molecule has 1 aromatic rings. The third-order valence-electron chi connectivity index (χ3n) is 4.24. The standard InChI is InChI=1S/C16H22N2O2/c1-11-2-3-12(6-11)8-17-9-13-4-5-15-14(7-13)18-16(19)10-20-15/h4-5,7,11-12,17H,2-3,6,8-10H2,1H3,(H,18,19). The van der Waals surface area contributed by atoms with Crippen molar-refractivity contribution < 1.29 is 9.53 Å². The van der Waals surface area contributed by atoms with Crippen LogP contribution >= 0.6 is 0 Å². The molecule has 1 aliphatic heterocycles. The molecule has 20 heavy (non-hydrogen) atoms. The number of carbonyl (C=O) groups excluding carboxylic acids is 1. The summed E-state index contributed by atoms with van der Waals surface area (Å²) in [6, 6.07) is 5.99. The molecule has 1 saturated carbocycles. The van der Waals surface area contributed by atoms with Crippen molar-refractivity contribution in [3.63, 3.8) is 0 Å². The van der Waals surface area contributed by atoms with Crippen molar-refractivity contribution >= 4 is 11.6 Å². The summed E-state index contributed by atoms with van der Waals surface area (Å²) in [5.41, 5.74) is 1.97. The molecule has 1 amide bonds. The minimum absolute atomic E-state index is 0.0810. The smallest absolute Gasteiger partial charge is 0.262 e. The molecule has 0 radical (unpaired) electrons. The lowest BCUT2D eigenvalue weighted by Crippen LogP contribution is -2.26. The van der Waals surface area contributed by atoms with Gasteiger partial charge in [-0.3, -0.25) is 4.79 Å². The topological polar surface area (TPSA) is 50.4 Å². The summed E-state index contributed by atoms with van der Waals surface area (Å²) >= 11 is 0. The van der Waals surface area contributed by atoms with Crippen molar-refractivity contribution in [3.8, 4) is 5.75 Å². The van der Waals surface area contributed by atoms with Crippen molar-refractivity contribution in [1.29, 1.82) is 0 Å². The van der Waals surface area contributed by atoms with E-state index in [2.05, 4.69) is 23.6 Å². The molecule has 0 bridgehead atoms. The summed E-state index contributed by atoms with van der Waals surface area (Å²) in [6.45, 7) is 4.38. The van der Waals surface area contributed by atoms with Gasteiger partial charge in [0.2, 0.25) is 0 Å². The number of nitrogens with one attached hydrogen (secondary N) is 2. The summed E-state index contributed by atoms with van der Waals surface area (Å²) in [7, 11) is 0. The van der Waals surface area contributed by atoms with Crippen molar-refractivity contribution in [2.24, 2.45) is 11.8 Å². The second kappa shape index (κ2) is 5.83. The van der Waals surface area contributed by atoms with Gasteiger partial charge in [-0.15, -0.1) is 0 Å². The predicted octanol–water partition coefficient (Wildman–Crippen LogP) is 2.54. The zero-order valence-electron chi connectivity index (χ0n) is 11.9. The van der Waals surface area contributed by atoms with Gasteiger partial charge < -0.3 is 15.4 Å². The van der Waals surface area contributed by atoms with Gasteiger partial charge in [0.25, 0.3) is 5.91 Å². The molecule has 1 fully saturated rings. The second-order valence-electron chi connectivity index (χ2n) is 6.08. The summed E-state index contributed by atoms with van der Waals surface area (Å²) in [4.78, 5) is 11.3. The Morgan fingerprint density at radius 2 is 2.30 bits per heavy atom. The van der Waals surface area contributed by atoms with Gasteiger partial charge in [-0.2, -0.15) is 0 Å². The molecular weight excluding hydrogens is 252 g/mol. The van der Waals surface area contributed by atoms with E-state index in [0.717, 1.165) is 36.4 Å². The molecule has 4 nitrogen and oxygen atoms in total. The number of hydrogen-bond donors (Lipinski definition) is 2. The van der Waals surface area contributed by atoms with E-state index in [9.17, 15) is 4.79 Å². The lowest BCUT2D eigenvalue weighted by atomic mass is 10.1. The van der Waals surface area contributed by atoms with Gasteiger partial charge in [0.1, 0.15) is 5.75 Å². The maximum absolute atomic E-state index is 11.3. The Kier molecular flexibility index (Phi) is 3.92. The van der Waals surface area contributed by atoms with Crippen LogP contribution in [0.3, 0.4) is 0 Å². The van der Waals surface area contributed by atoms with Crippen LogP contribution in [0.4, 0.5) is 5.69 Å². The van der Waals surface area contributed by atoms with Gasteiger partial charge >= 0.3 is 0 Å². The minimum atomic E-state index is -0.0810. The second-order valence-corrected chi connectivity index (χ2v) is 6.08. The van der Waals surface area contributed by atoms with Crippen LogP contribution < -0.4 is 15.4 Å². The number of amides is 1. The Balaban J connectivity index is 1.53. The van der Waals surface area contributed by atoms with Crippen LogP contribution in [-0.2, 0) is 11.3 Å². The highest BCUT2D eigenvalue weighted by molar-refractivity contribution is 5.95. The van der Waals surface area contributed by atoms with Crippen molar-refractivity contribution in [1.82, 2.24) is 5.32 Å². The highest BCUT2D eigenvalue weighted by atomic mass is 16.5. The van der Waals surface area contributed by atoms with Crippen LogP contribution in [-0.4, -0.2) is 19.1 Å². The van der Waals surface area contributed by atoms with Crippen LogP contribution in [0.25, 0.3) is 0 Å². The Bertz CT molecular complexity index is 501.